The molecule has 4 rings (SSSR count). The van der Waals surface area contributed by atoms with E-state index in [0.29, 0.717) is 35.4 Å². The van der Waals surface area contributed by atoms with Crippen LogP contribution in [0.15, 0.2) is 70.2 Å². The number of benzene rings is 2. The third-order valence-electron chi connectivity index (χ3n) is 6.16. The molecule has 1 aliphatic carbocycles. The molecule has 1 aromatic heterocycles. The van der Waals surface area contributed by atoms with Gasteiger partial charge in [-0.15, -0.1) is 0 Å². The SMILES string of the molecule is Cc1c(C(=O)N(CC#N)CC#N)oc2c1/C(=N/NC(=O)C(c1ccccc1)c1ccccc1)CCC2. The summed E-state index contributed by atoms with van der Waals surface area (Å²) < 4.78 is 5.89. The molecule has 0 saturated carbocycles. The van der Waals surface area contributed by atoms with Gasteiger partial charge >= 0.3 is 0 Å². The number of hydrogen-bond donors (Lipinski definition) is 1. The minimum atomic E-state index is -0.534. The summed E-state index contributed by atoms with van der Waals surface area (Å²) in [5.41, 5.74) is 6.38. The Bertz CT molecular complexity index is 1310. The maximum Gasteiger partial charge on any atom is 0.291 e. The van der Waals surface area contributed by atoms with Crippen molar-refractivity contribution < 1.29 is 14.0 Å². The first kappa shape index (κ1) is 24.4. The van der Waals surface area contributed by atoms with Gasteiger partial charge in [-0.3, -0.25) is 9.59 Å². The second kappa shape index (κ2) is 11.2. The predicted molar refractivity (Wildman–Crippen MR) is 133 cm³/mol. The fraction of sp³-hybridized carbons (Fsp3) is 0.250. The molecule has 8 heteroatoms. The van der Waals surface area contributed by atoms with Crippen molar-refractivity contribution in [1.29, 1.82) is 10.5 Å². The summed E-state index contributed by atoms with van der Waals surface area (Å²) in [5, 5.41) is 22.5. The zero-order valence-corrected chi connectivity index (χ0v) is 19.9. The molecule has 1 heterocycles. The summed E-state index contributed by atoms with van der Waals surface area (Å²) in [6.45, 7) is 1.33. The number of hydrogen-bond acceptors (Lipinski definition) is 6. The van der Waals surface area contributed by atoms with Crippen LogP contribution in [0.2, 0.25) is 0 Å². The van der Waals surface area contributed by atoms with Gasteiger partial charge in [0.1, 0.15) is 18.8 Å². The number of carbonyl (C=O) groups is 2. The van der Waals surface area contributed by atoms with E-state index in [1.165, 1.54) is 0 Å². The minimum absolute atomic E-state index is 0.0953. The van der Waals surface area contributed by atoms with Crippen molar-refractivity contribution in [2.75, 3.05) is 13.1 Å². The van der Waals surface area contributed by atoms with Gasteiger partial charge in [-0.1, -0.05) is 60.7 Å². The first-order valence-electron chi connectivity index (χ1n) is 11.7. The Balaban J connectivity index is 1.63. The van der Waals surface area contributed by atoms with E-state index in [9.17, 15) is 9.59 Å². The lowest BCUT2D eigenvalue weighted by Crippen LogP contribution is -2.32. The normalized spacial score (nSPS) is 13.5. The van der Waals surface area contributed by atoms with Crippen molar-refractivity contribution in [3.8, 4) is 12.1 Å². The lowest BCUT2D eigenvalue weighted by molar-refractivity contribution is -0.121. The fourth-order valence-corrected chi connectivity index (χ4v) is 4.47. The summed E-state index contributed by atoms with van der Waals surface area (Å²) >= 11 is 0. The molecular weight excluding hydrogens is 454 g/mol. The maximum atomic E-state index is 13.4. The molecular formula is C28H25N5O3. The van der Waals surface area contributed by atoms with Crippen LogP contribution in [0.4, 0.5) is 0 Å². The van der Waals surface area contributed by atoms with E-state index in [-0.39, 0.29) is 24.8 Å². The summed E-state index contributed by atoms with van der Waals surface area (Å²) in [6.07, 6.45) is 2.00. The second-order valence-electron chi connectivity index (χ2n) is 8.47. The van der Waals surface area contributed by atoms with Gasteiger partial charge in [0.05, 0.1) is 23.8 Å². The highest BCUT2D eigenvalue weighted by Gasteiger charge is 2.30. The minimum Gasteiger partial charge on any atom is -0.455 e. The Morgan fingerprint density at radius 1 is 1.00 bits per heavy atom. The van der Waals surface area contributed by atoms with E-state index < -0.39 is 11.8 Å². The number of amides is 2. The lowest BCUT2D eigenvalue weighted by atomic mass is 9.90. The summed E-state index contributed by atoms with van der Waals surface area (Å²) in [7, 11) is 0. The molecule has 1 aliphatic rings. The first-order chi connectivity index (χ1) is 17.5. The first-order valence-corrected chi connectivity index (χ1v) is 11.7. The number of nitrogens with zero attached hydrogens (tertiary/aromatic N) is 4. The molecule has 0 fully saturated rings. The van der Waals surface area contributed by atoms with Gasteiger partial charge in [-0.05, 0) is 30.9 Å². The Kier molecular flexibility index (Phi) is 7.57. The third-order valence-corrected chi connectivity index (χ3v) is 6.16. The van der Waals surface area contributed by atoms with Gasteiger partial charge in [0.2, 0.25) is 0 Å². The van der Waals surface area contributed by atoms with Crippen molar-refractivity contribution in [3.05, 3.63) is 94.4 Å². The van der Waals surface area contributed by atoms with Crippen molar-refractivity contribution in [1.82, 2.24) is 10.3 Å². The van der Waals surface area contributed by atoms with E-state index >= 15 is 0 Å². The average molecular weight is 480 g/mol. The van der Waals surface area contributed by atoms with Crippen LogP contribution in [-0.4, -0.2) is 35.5 Å². The maximum absolute atomic E-state index is 13.4. The predicted octanol–water partition coefficient (Wildman–Crippen LogP) is 4.07. The van der Waals surface area contributed by atoms with E-state index in [1.807, 2.05) is 72.8 Å². The smallest absolute Gasteiger partial charge is 0.291 e. The molecule has 0 saturated heterocycles. The van der Waals surface area contributed by atoms with Crippen molar-refractivity contribution in [3.63, 3.8) is 0 Å². The van der Waals surface area contributed by atoms with E-state index in [4.69, 9.17) is 14.9 Å². The summed E-state index contributed by atoms with van der Waals surface area (Å²) in [6, 6.07) is 22.9. The number of furan rings is 1. The highest BCUT2D eigenvalue weighted by atomic mass is 16.4. The Morgan fingerprint density at radius 3 is 2.14 bits per heavy atom. The van der Waals surface area contributed by atoms with Crippen LogP contribution in [-0.2, 0) is 11.2 Å². The quantitative estimate of drug-likeness (QED) is 0.404. The highest BCUT2D eigenvalue weighted by molar-refractivity contribution is 6.07. The van der Waals surface area contributed by atoms with Gasteiger partial charge in [-0.25, -0.2) is 5.43 Å². The topological polar surface area (TPSA) is 122 Å². The molecule has 0 unspecified atom stereocenters. The number of rotatable bonds is 7. The fourth-order valence-electron chi connectivity index (χ4n) is 4.47. The molecule has 0 spiro atoms. The van der Waals surface area contributed by atoms with E-state index in [0.717, 1.165) is 22.4 Å². The zero-order valence-electron chi connectivity index (χ0n) is 19.9. The van der Waals surface area contributed by atoms with Crippen LogP contribution in [0, 0.1) is 29.6 Å². The van der Waals surface area contributed by atoms with Crippen LogP contribution in [0.3, 0.4) is 0 Å². The van der Waals surface area contributed by atoms with Crippen LogP contribution >= 0.6 is 0 Å². The second-order valence-corrected chi connectivity index (χ2v) is 8.47. The molecule has 3 aromatic rings. The zero-order chi connectivity index (χ0) is 25.5. The average Bonchev–Trinajstić information content (AvgIpc) is 3.25. The number of hydrazone groups is 1. The molecule has 0 aliphatic heterocycles. The van der Waals surface area contributed by atoms with Gasteiger partial charge < -0.3 is 9.32 Å². The number of nitriles is 2. The third kappa shape index (κ3) is 5.03. The van der Waals surface area contributed by atoms with E-state index in [1.54, 1.807) is 6.92 Å². The van der Waals surface area contributed by atoms with Gasteiger partial charge in [0.15, 0.2) is 5.76 Å². The van der Waals surface area contributed by atoms with Crippen LogP contribution < -0.4 is 5.43 Å². The Morgan fingerprint density at radius 2 is 1.58 bits per heavy atom. The Hall–Kier alpha value is -4.69. The number of nitrogens with one attached hydrogen (secondary N) is 1. The number of carbonyl (C=O) groups excluding carboxylic acids is 2. The molecule has 36 heavy (non-hydrogen) atoms. The molecule has 8 nitrogen and oxygen atoms in total. The van der Waals surface area contributed by atoms with Crippen LogP contribution in [0.25, 0.3) is 0 Å². The Labute approximate surface area is 209 Å². The molecule has 0 atom stereocenters. The standard InChI is InChI=1S/C28H25N5O3/c1-19-24-22(13-8-14-23(24)36-26(19)28(35)33(17-15-29)18-16-30)31-32-27(34)25(20-9-4-2-5-10-20)21-11-6-3-7-12-21/h2-7,9-12,25H,8,13-14,17-18H2,1H3,(H,32,34)/b31-22+. The van der Waals surface area contributed by atoms with Crippen molar-refractivity contribution in [2.24, 2.45) is 5.10 Å². The lowest BCUT2D eigenvalue weighted by Gasteiger charge is -2.18. The summed E-state index contributed by atoms with van der Waals surface area (Å²) in [4.78, 5) is 27.5. The van der Waals surface area contributed by atoms with Crippen LogP contribution in [0.5, 0.6) is 0 Å². The van der Waals surface area contributed by atoms with E-state index in [2.05, 4.69) is 10.5 Å². The summed E-state index contributed by atoms with van der Waals surface area (Å²) in [5.74, 6) is -0.599. The number of aryl methyl sites for hydroxylation is 1. The molecule has 180 valence electrons. The highest BCUT2D eigenvalue weighted by Crippen LogP contribution is 2.31. The van der Waals surface area contributed by atoms with Crippen LogP contribution in [0.1, 0.15) is 57.3 Å². The molecule has 1 N–H and O–H groups in total. The number of fused-ring (bicyclic) bond motifs is 1. The molecule has 2 amide bonds. The largest absolute Gasteiger partial charge is 0.455 e. The van der Waals surface area contributed by atoms with Gasteiger partial charge in [-0.2, -0.15) is 15.6 Å². The monoisotopic (exact) mass is 479 g/mol. The molecule has 0 bridgehead atoms. The van der Waals surface area contributed by atoms with Crippen molar-refractivity contribution in [2.45, 2.75) is 32.1 Å². The van der Waals surface area contributed by atoms with Gasteiger partial charge in [0.25, 0.3) is 11.8 Å². The molecule has 0 radical (unpaired) electrons. The molecule has 2 aromatic carbocycles. The van der Waals surface area contributed by atoms with Crippen molar-refractivity contribution >= 4 is 17.5 Å². The van der Waals surface area contributed by atoms with Gasteiger partial charge in [0, 0.05) is 17.5 Å².